The third kappa shape index (κ3) is 17.3. The van der Waals surface area contributed by atoms with Crippen molar-refractivity contribution in [1.82, 2.24) is 4.90 Å². The first-order valence-corrected chi connectivity index (χ1v) is 13.2. The van der Waals surface area contributed by atoms with E-state index < -0.39 is 30.9 Å². The molecule has 0 atom stereocenters. The number of nitrogens with zero attached hydrogens (tertiary/aromatic N) is 1. The van der Waals surface area contributed by atoms with Crippen LogP contribution in [0.2, 0.25) is 0 Å². The number of amides is 3. The Bertz CT molecular complexity index is 465. The van der Waals surface area contributed by atoms with E-state index in [4.69, 9.17) is 10.2 Å². The SMILES string of the molecule is CCCCCCCCCCCCCCCCCCCCCC(=O)N(C(=O)CO)C(=O)CO. The molecular formula is C26H49NO5. The highest BCUT2D eigenvalue weighted by Crippen LogP contribution is 2.15. The van der Waals surface area contributed by atoms with E-state index in [1.165, 1.54) is 96.3 Å². The lowest BCUT2D eigenvalue weighted by molar-refractivity contribution is -0.156. The molecule has 3 amide bonds. The van der Waals surface area contributed by atoms with Crippen molar-refractivity contribution in [3.8, 4) is 0 Å². The van der Waals surface area contributed by atoms with E-state index >= 15 is 0 Å². The summed E-state index contributed by atoms with van der Waals surface area (Å²) in [6, 6.07) is 0. The number of hydrogen-bond donors (Lipinski definition) is 2. The summed E-state index contributed by atoms with van der Waals surface area (Å²) in [5.74, 6) is -2.60. The van der Waals surface area contributed by atoms with Crippen LogP contribution in [0, 0.1) is 0 Å². The van der Waals surface area contributed by atoms with Gasteiger partial charge in [-0.25, -0.2) is 4.90 Å². The standard InChI is InChI=1S/C26H49NO5/c1-2-3-4-5-6-7-8-9-10-11-12-13-14-15-16-17-18-19-20-21-24(30)27(25(31)22-28)26(32)23-29/h28-29H,2-23H2,1H3. The molecule has 0 spiro atoms. The van der Waals surface area contributed by atoms with E-state index in [0.717, 1.165) is 19.3 Å². The predicted molar refractivity (Wildman–Crippen MR) is 129 cm³/mol. The minimum absolute atomic E-state index is 0.0797. The van der Waals surface area contributed by atoms with Crippen LogP contribution in [0.15, 0.2) is 0 Å². The van der Waals surface area contributed by atoms with Crippen LogP contribution in [0.1, 0.15) is 135 Å². The first-order chi connectivity index (χ1) is 15.6. The first kappa shape index (κ1) is 30.7. The van der Waals surface area contributed by atoms with Gasteiger partial charge in [0.1, 0.15) is 13.2 Å². The maximum Gasteiger partial charge on any atom is 0.261 e. The molecule has 0 heterocycles. The molecule has 0 rings (SSSR count). The zero-order valence-electron chi connectivity index (χ0n) is 20.6. The van der Waals surface area contributed by atoms with Crippen molar-refractivity contribution in [3.05, 3.63) is 0 Å². The van der Waals surface area contributed by atoms with Gasteiger partial charge in [-0.1, -0.05) is 122 Å². The topological polar surface area (TPSA) is 94.9 Å². The van der Waals surface area contributed by atoms with Crippen molar-refractivity contribution in [2.24, 2.45) is 0 Å². The Morgan fingerprint density at radius 1 is 0.469 bits per heavy atom. The number of imide groups is 3. The molecule has 188 valence electrons. The second-order valence-electron chi connectivity index (χ2n) is 8.95. The lowest BCUT2D eigenvalue weighted by Crippen LogP contribution is -2.44. The zero-order valence-corrected chi connectivity index (χ0v) is 20.6. The minimum atomic E-state index is -0.980. The molecular weight excluding hydrogens is 406 g/mol. The molecule has 0 saturated carbocycles. The largest absolute Gasteiger partial charge is 0.387 e. The summed E-state index contributed by atoms with van der Waals surface area (Å²) in [5.41, 5.74) is 0. The third-order valence-corrected chi connectivity index (χ3v) is 6.01. The average Bonchev–Trinajstić information content (AvgIpc) is 2.80. The van der Waals surface area contributed by atoms with Gasteiger partial charge in [0.2, 0.25) is 5.91 Å². The van der Waals surface area contributed by atoms with Gasteiger partial charge in [0.15, 0.2) is 0 Å². The van der Waals surface area contributed by atoms with Gasteiger partial charge in [-0.15, -0.1) is 0 Å². The second-order valence-corrected chi connectivity index (χ2v) is 8.95. The van der Waals surface area contributed by atoms with Crippen LogP contribution in [0.3, 0.4) is 0 Å². The molecule has 0 aromatic rings. The van der Waals surface area contributed by atoms with E-state index in [2.05, 4.69) is 6.92 Å². The number of aliphatic hydroxyl groups excluding tert-OH is 2. The quantitative estimate of drug-likeness (QED) is 0.205. The monoisotopic (exact) mass is 455 g/mol. The van der Waals surface area contributed by atoms with Crippen molar-refractivity contribution < 1.29 is 24.6 Å². The fourth-order valence-electron chi connectivity index (χ4n) is 4.03. The normalized spacial score (nSPS) is 11.0. The van der Waals surface area contributed by atoms with Crippen molar-refractivity contribution in [3.63, 3.8) is 0 Å². The van der Waals surface area contributed by atoms with Gasteiger partial charge in [-0.2, -0.15) is 0 Å². The second kappa shape index (κ2) is 22.9. The lowest BCUT2D eigenvalue weighted by Gasteiger charge is -2.16. The van der Waals surface area contributed by atoms with Gasteiger partial charge in [0.25, 0.3) is 11.8 Å². The average molecular weight is 456 g/mol. The van der Waals surface area contributed by atoms with Gasteiger partial charge in [-0.3, -0.25) is 14.4 Å². The molecule has 0 aliphatic carbocycles. The maximum absolute atomic E-state index is 12.0. The van der Waals surface area contributed by atoms with Crippen LogP contribution in [-0.2, 0) is 14.4 Å². The summed E-state index contributed by atoms with van der Waals surface area (Å²) in [4.78, 5) is 35.3. The van der Waals surface area contributed by atoms with Crippen LogP contribution in [0.25, 0.3) is 0 Å². The fourth-order valence-corrected chi connectivity index (χ4v) is 4.03. The van der Waals surface area contributed by atoms with Crippen molar-refractivity contribution in [2.45, 2.75) is 135 Å². The van der Waals surface area contributed by atoms with Gasteiger partial charge >= 0.3 is 0 Å². The first-order valence-electron chi connectivity index (χ1n) is 13.2. The number of rotatable bonds is 22. The summed E-state index contributed by atoms with van der Waals surface area (Å²) in [5, 5.41) is 17.7. The number of hydrogen-bond acceptors (Lipinski definition) is 5. The summed E-state index contributed by atoms with van der Waals surface area (Å²) in [7, 11) is 0. The molecule has 0 aromatic carbocycles. The lowest BCUT2D eigenvalue weighted by atomic mass is 10.0. The Labute approximate surface area is 196 Å². The zero-order chi connectivity index (χ0) is 23.9. The molecule has 0 fully saturated rings. The van der Waals surface area contributed by atoms with Crippen LogP contribution < -0.4 is 0 Å². The summed E-state index contributed by atoms with van der Waals surface area (Å²) < 4.78 is 0. The van der Waals surface area contributed by atoms with Crippen molar-refractivity contribution in [2.75, 3.05) is 13.2 Å². The molecule has 0 aliphatic heterocycles. The van der Waals surface area contributed by atoms with E-state index in [-0.39, 0.29) is 6.42 Å². The molecule has 0 radical (unpaired) electrons. The highest BCUT2D eigenvalue weighted by atomic mass is 16.3. The van der Waals surface area contributed by atoms with Gasteiger partial charge in [-0.05, 0) is 6.42 Å². The number of carbonyl (C=O) groups excluding carboxylic acids is 3. The molecule has 0 bridgehead atoms. The van der Waals surface area contributed by atoms with Crippen LogP contribution in [0.5, 0.6) is 0 Å². The van der Waals surface area contributed by atoms with Gasteiger partial charge < -0.3 is 10.2 Å². The van der Waals surface area contributed by atoms with E-state index in [1.54, 1.807) is 0 Å². The molecule has 6 heteroatoms. The molecule has 32 heavy (non-hydrogen) atoms. The van der Waals surface area contributed by atoms with Crippen LogP contribution in [-0.4, -0.2) is 46.0 Å². The van der Waals surface area contributed by atoms with Crippen LogP contribution >= 0.6 is 0 Å². The Morgan fingerprint density at radius 2 is 0.750 bits per heavy atom. The third-order valence-electron chi connectivity index (χ3n) is 6.01. The Hall–Kier alpha value is -1.27. The van der Waals surface area contributed by atoms with E-state index in [9.17, 15) is 14.4 Å². The molecule has 6 nitrogen and oxygen atoms in total. The smallest absolute Gasteiger partial charge is 0.261 e. The van der Waals surface area contributed by atoms with E-state index in [0.29, 0.717) is 11.3 Å². The predicted octanol–water partition coefficient (Wildman–Crippen LogP) is 5.67. The fraction of sp³-hybridized carbons (Fsp3) is 0.885. The Morgan fingerprint density at radius 3 is 1.03 bits per heavy atom. The molecule has 0 aromatic heterocycles. The maximum atomic E-state index is 12.0. The summed E-state index contributed by atoms with van der Waals surface area (Å²) in [6.45, 7) is 0.425. The Kier molecular flexibility index (Phi) is 22.0. The van der Waals surface area contributed by atoms with Gasteiger partial charge in [0.05, 0.1) is 0 Å². The number of carbonyl (C=O) groups is 3. The summed E-state index contributed by atoms with van der Waals surface area (Å²) in [6.07, 6.45) is 24.2. The number of aliphatic hydroxyl groups is 2. The van der Waals surface area contributed by atoms with Crippen molar-refractivity contribution >= 4 is 17.7 Å². The molecule has 0 aliphatic rings. The van der Waals surface area contributed by atoms with Crippen molar-refractivity contribution in [1.29, 1.82) is 0 Å². The van der Waals surface area contributed by atoms with Gasteiger partial charge in [0, 0.05) is 6.42 Å². The van der Waals surface area contributed by atoms with Crippen LogP contribution in [0.4, 0.5) is 0 Å². The number of unbranched alkanes of at least 4 members (excludes halogenated alkanes) is 18. The molecule has 0 unspecified atom stereocenters. The van der Waals surface area contributed by atoms with E-state index in [1.807, 2.05) is 0 Å². The molecule has 2 N–H and O–H groups in total. The summed E-state index contributed by atoms with van der Waals surface area (Å²) >= 11 is 0. The molecule has 0 saturated heterocycles. The highest BCUT2D eigenvalue weighted by molar-refractivity contribution is 6.11. The highest BCUT2D eigenvalue weighted by Gasteiger charge is 2.26. The minimum Gasteiger partial charge on any atom is -0.387 e. The Balaban J connectivity index is 3.43.